The number of benzene rings is 2. The fourth-order valence-electron chi connectivity index (χ4n) is 4.45. The number of hydrogen-bond donors (Lipinski definition) is 1. The number of aromatic nitrogens is 6. The smallest absolute Gasteiger partial charge is 0.246 e. The first-order chi connectivity index (χ1) is 18.2. The van der Waals surface area contributed by atoms with Crippen LogP contribution in [0.3, 0.4) is 0 Å². The van der Waals surface area contributed by atoms with Gasteiger partial charge in [0.05, 0.1) is 18.3 Å². The highest BCUT2D eigenvalue weighted by Gasteiger charge is 2.39. The minimum atomic E-state index is -1.45. The van der Waals surface area contributed by atoms with E-state index >= 15 is 0 Å². The van der Waals surface area contributed by atoms with Gasteiger partial charge in [0.15, 0.2) is 6.33 Å². The summed E-state index contributed by atoms with van der Waals surface area (Å²) in [6, 6.07) is 15.3. The molecule has 0 aliphatic rings. The van der Waals surface area contributed by atoms with Crippen LogP contribution in [0.25, 0.3) is 11.3 Å². The zero-order valence-corrected chi connectivity index (χ0v) is 21.7. The molecule has 9 nitrogen and oxygen atoms in total. The van der Waals surface area contributed by atoms with Gasteiger partial charge < -0.3 is 15.2 Å². The molecule has 1 amide bonds. The molecule has 4 aromatic rings. The topological polar surface area (TPSA) is 108 Å². The van der Waals surface area contributed by atoms with Gasteiger partial charge in [-0.05, 0) is 28.3 Å². The fourth-order valence-corrected chi connectivity index (χ4v) is 4.45. The Morgan fingerprint density at radius 3 is 2.53 bits per heavy atom. The number of imidazole rings is 1. The molecule has 200 valence electrons. The number of nitrogens with two attached hydrogens (primary N) is 1. The molecule has 0 radical (unpaired) electrons. The first-order valence-electron chi connectivity index (χ1n) is 12.4. The van der Waals surface area contributed by atoms with Crippen LogP contribution in [0.15, 0.2) is 67.1 Å². The Labute approximate surface area is 220 Å². The van der Waals surface area contributed by atoms with Crippen molar-refractivity contribution in [3.05, 3.63) is 84.3 Å². The molecule has 2 atom stereocenters. The third kappa shape index (κ3) is 6.46. The standard InChI is InChI=1S/C27H32F2N8O/c1-27(2,3)25(36(15-22(29)13-30)24(38)17-37-32-18-31-34-37)26-33-23(20-10-7-11-21(28)12-20)16-35(26)14-19-8-5-4-6-9-19/h4-12,16,18,22,25H,13-15,17,30H2,1-3H3. The molecule has 0 aliphatic carbocycles. The van der Waals surface area contributed by atoms with Gasteiger partial charge in [-0.3, -0.25) is 4.79 Å². The van der Waals surface area contributed by atoms with Crippen LogP contribution in [0.5, 0.6) is 0 Å². The second-order valence-electron chi connectivity index (χ2n) is 10.2. The summed E-state index contributed by atoms with van der Waals surface area (Å²) < 4.78 is 30.8. The Balaban J connectivity index is 1.84. The molecule has 0 saturated heterocycles. The number of halogens is 2. The van der Waals surface area contributed by atoms with E-state index < -0.39 is 23.5 Å². The molecule has 2 aromatic heterocycles. The lowest BCUT2D eigenvalue weighted by Crippen LogP contribution is -2.47. The highest BCUT2D eigenvalue weighted by molar-refractivity contribution is 5.76. The van der Waals surface area contributed by atoms with Gasteiger partial charge in [0, 0.05) is 24.8 Å². The van der Waals surface area contributed by atoms with Crippen LogP contribution < -0.4 is 5.73 Å². The van der Waals surface area contributed by atoms with Crippen LogP contribution in [0.4, 0.5) is 8.78 Å². The van der Waals surface area contributed by atoms with Crippen molar-refractivity contribution in [1.29, 1.82) is 0 Å². The minimum Gasteiger partial charge on any atom is -0.328 e. The van der Waals surface area contributed by atoms with E-state index in [2.05, 4.69) is 15.4 Å². The van der Waals surface area contributed by atoms with Crippen molar-refractivity contribution in [3.8, 4) is 11.3 Å². The molecule has 2 aromatic carbocycles. The van der Waals surface area contributed by atoms with E-state index in [0.717, 1.165) is 10.4 Å². The maximum absolute atomic E-state index is 14.8. The van der Waals surface area contributed by atoms with Crippen molar-refractivity contribution in [1.82, 2.24) is 34.7 Å². The van der Waals surface area contributed by atoms with Crippen LogP contribution >= 0.6 is 0 Å². The largest absolute Gasteiger partial charge is 0.328 e. The van der Waals surface area contributed by atoms with E-state index in [0.29, 0.717) is 23.6 Å². The monoisotopic (exact) mass is 522 g/mol. The van der Waals surface area contributed by atoms with Crippen molar-refractivity contribution >= 4 is 5.91 Å². The van der Waals surface area contributed by atoms with E-state index in [9.17, 15) is 13.6 Å². The van der Waals surface area contributed by atoms with Crippen molar-refractivity contribution in [2.24, 2.45) is 11.1 Å². The molecule has 0 spiro atoms. The van der Waals surface area contributed by atoms with Gasteiger partial charge in [-0.1, -0.05) is 63.2 Å². The predicted octanol–water partition coefficient (Wildman–Crippen LogP) is 3.64. The van der Waals surface area contributed by atoms with Gasteiger partial charge in [-0.25, -0.2) is 13.8 Å². The van der Waals surface area contributed by atoms with Crippen molar-refractivity contribution in [2.75, 3.05) is 13.1 Å². The maximum Gasteiger partial charge on any atom is 0.246 e. The third-order valence-electron chi connectivity index (χ3n) is 6.14. The van der Waals surface area contributed by atoms with Crippen molar-refractivity contribution in [2.45, 2.75) is 46.1 Å². The summed E-state index contributed by atoms with van der Waals surface area (Å²) in [4.78, 5) is 21.1. The highest BCUT2D eigenvalue weighted by atomic mass is 19.1. The summed E-state index contributed by atoms with van der Waals surface area (Å²) in [6.45, 7) is 5.64. The first-order valence-corrected chi connectivity index (χ1v) is 12.4. The predicted molar refractivity (Wildman–Crippen MR) is 139 cm³/mol. The number of rotatable bonds is 10. The molecule has 0 fully saturated rings. The summed E-state index contributed by atoms with van der Waals surface area (Å²) in [7, 11) is 0. The van der Waals surface area contributed by atoms with Crippen molar-refractivity contribution < 1.29 is 13.6 Å². The number of carbonyl (C=O) groups is 1. The Morgan fingerprint density at radius 2 is 1.89 bits per heavy atom. The van der Waals surface area contributed by atoms with Gasteiger partial charge >= 0.3 is 0 Å². The summed E-state index contributed by atoms with van der Waals surface area (Å²) in [5.74, 6) is -0.236. The average Bonchev–Trinajstić information content (AvgIpc) is 3.53. The first kappa shape index (κ1) is 27.1. The maximum atomic E-state index is 14.8. The van der Waals surface area contributed by atoms with E-state index in [1.54, 1.807) is 12.1 Å². The Bertz CT molecular complexity index is 1330. The molecule has 2 unspecified atom stereocenters. The van der Waals surface area contributed by atoms with Gasteiger partial charge in [-0.2, -0.15) is 4.80 Å². The molecule has 2 N–H and O–H groups in total. The molecule has 38 heavy (non-hydrogen) atoms. The quantitative estimate of drug-likeness (QED) is 0.341. The van der Waals surface area contributed by atoms with Crippen LogP contribution in [0.2, 0.25) is 0 Å². The second kappa shape index (κ2) is 11.6. The van der Waals surface area contributed by atoms with E-state index in [1.807, 2.05) is 61.9 Å². The molecular formula is C27H32F2N8O. The Kier molecular flexibility index (Phi) is 8.26. The molecule has 0 bridgehead atoms. The highest BCUT2D eigenvalue weighted by Crippen LogP contribution is 2.39. The minimum absolute atomic E-state index is 0.222. The lowest BCUT2D eigenvalue weighted by molar-refractivity contribution is -0.139. The molecule has 0 saturated carbocycles. The number of hydrogen-bond acceptors (Lipinski definition) is 6. The summed E-state index contributed by atoms with van der Waals surface area (Å²) in [5.41, 5.74) is 7.21. The zero-order chi connectivity index (χ0) is 27.3. The SMILES string of the molecule is CC(C)(C)C(c1nc(-c2cccc(F)c2)cn1Cc1ccccc1)N(CC(F)CN)C(=O)Cn1ncnn1. The summed E-state index contributed by atoms with van der Waals surface area (Å²) in [5, 5.41) is 11.4. The Morgan fingerprint density at radius 1 is 1.13 bits per heavy atom. The van der Waals surface area contributed by atoms with Gasteiger partial charge in [0.1, 0.15) is 24.4 Å². The van der Waals surface area contributed by atoms with Crippen LogP contribution in [0, 0.1) is 11.2 Å². The second-order valence-corrected chi connectivity index (χ2v) is 10.2. The van der Waals surface area contributed by atoms with Gasteiger partial charge in [-0.15, -0.1) is 10.2 Å². The third-order valence-corrected chi connectivity index (χ3v) is 6.14. The molecule has 0 aliphatic heterocycles. The lowest BCUT2D eigenvalue weighted by Gasteiger charge is -2.40. The van der Waals surface area contributed by atoms with Crippen molar-refractivity contribution in [3.63, 3.8) is 0 Å². The number of nitrogens with zero attached hydrogens (tertiary/aromatic N) is 7. The lowest BCUT2D eigenvalue weighted by atomic mass is 9.84. The summed E-state index contributed by atoms with van der Waals surface area (Å²) in [6.07, 6.45) is 1.62. The molecule has 4 rings (SSSR count). The van der Waals surface area contributed by atoms with E-state index in [-0.39, 0.29) is 25.5 Å². The van der Waals surface area contributed by atoms with Gasteiger partial charge in [0.25, 0.3) is 0 Å². The van der Waals surface area contributed by atoms with Crippen LogP contribution in [0.1, 0.15) is 38.2 Å². The summed E-state index contributed by atoms with van der Waals surface area (Å²) >= 11 is 0. The van der Waals surface area contributed by atoms with E-state index in [1.165, 1.54) is 23.4 Å². The van der Waals surface area contributed by atoms with Crippen LogP contribution in [-0.2, 0) is 17.9 Å². The normalized spacial score (nSPS) is 13.3. The number of tetrazole rings is 1. The average molecular weight is 523 g/mol. The number of alkyl halides is 1. The molecule has 11 heteroatoms. The van der Waals surface area contributed by atoms with E-state index in [4.69, 9.17) is 10.7 Å². The van der Waals surface area contributed by atoms with Crippen LogP contribution in [-0.4, -0.2) is 59.8 Å². The Hall–Kier alpha value is -3.99. The number of amides is 1. The fraction of sp³-hybridized carbons (Fsp3) is 0.370. The molecule has 2 heterocycles. The van der Waals surface area contributed by atoms with Gasteiger partial charge in [0.2, 0.25) is 5.91 Å². The molecular weight excluding hydrogens is 490 g/mol. The zero-order valence-electron chi connectivity index (χ0n) is 21.7. The number of carbonyl (C=O) groups excluding carboxylic acids is 1.